The van der Waals surface area contributed by atoms with Crippen LogP contribution in [0.2, 0.25) is 0 Å². The van der Waals surface area contributed by atoms with Gasteiger partial charge in [0.15, 0.2) is 5.78 Å². The number of aromatic nitrogens is 3. The van der Waals surface area contributed by atoms with E-state index in [1.807, 2.05) is 61.5 Å². The van der Waals surface area contributed by atoms with Gasteiger partial charge in [-0.1, -0.05) is 36.9 Å². The van der Waals surface area contributed by atoms with Crippen molar-refractivity contribution in [2.75, 3.05) is 12.4 Å². The third-order valence-corrected chi connectivity index (χ3v) is 5.50. The van der Waals surface area contributed by atoms with Crippen molar-refractivity contribution in [1.82, 2.24) is 15.0 Å². The molecule has 0 fully saturated rings. The van der Waals surface area contributed by atoms with Crippen LogP contribution in [-0.2, 0) is 11.2 Å². The number of ketones is 1. The molecule has 0 aliphatic rings. The number of fused-ring (bicyclic) bond motifs is 1. The Labute approximate surface area is 199 Å². The van der Waals surface area contributed by atoms with E-state index in [1.165, 1.54) is 0 Å². The Morgan fingerprint density at radius 3 is 2.71 bits per heavy atom. The van der Waals surface area contributed by atoms with E-state index >= 15 is 0 Å². The maximum absolute atomic E-state index is 12.6. The summed E-state index contributed by atoms with van der Waals surface area (Å²) in [6.07, 6.45) is 6.19. The lowest BCUT2D eigenvalue weighted by Crippen LogP contribution is -2.06. The highest BCUT2D eigenvalue weighted by atomic mass is 16.1. The first-order chi connectivity index (χ1) is 16.5. The van der Waals surface area contributed by atoms with Crippen LogP contribution in [0.5, 0.6) is 0 Å². The lowest BCUT2D eigenvalue weighted by atomic mass is 10.0. The zero-order chi connectivity index (χ0) is 23.9. The fraction of sp³-hybridized carbons (Fsp3) is 0.143. The molecule has 6 nitrogen and oxygen atoms in total. The molecule has 4 rings (SSSR count). The standard InChI is InChI=1S/C28H27N5O/c1-19(27(29-3)23-10-7-15-30-18-23)16-24(34)14-13-21-8-6-9-22(17-21)20(2)31-28-32-25-11-4-5-12-26(25)33-28/h4-12,15-18H,2,13-14H2,1,3H3,(H2,31,32,33)/b19-16-,29-27?. The van der Waals surface area contributed by atoms with Crippen molar-refractivity contribution in [3.8, 4) is 0 Å². The normalized spacial score (nSPS) is 12.1. The Morgan fingerprint density at radius 1 is 1.12 bits per heavy atom. The van der Waals surface area contributed by atoms with Crippen LogP contribution in [0.25, 0.3) is 16.7 Å². The van der Waals surface area contributed by atoms with Gasteiger partial charge in [0.25, 0.3) is 0 Å². The molecule has 0 amide bonds. The summed E-state index contributed by atoms with van der Waals surface area (Å²) in [6, 6.07) is 19.7. The summed E-state index contributed by atoms with van der Waals surface area (Å²) in [7, 11) is 1.72. The van der Waals surface area contributed by atoms with Crippen LogP contribution in [0.15, 0.2) is 96.3 Å². The number of aliphatic imine (C=N–C) groups is 1. The number of hydrogen-bond donors (Lipinski definition) is 2. The number of carbonyl (C=O) groups is 1. The van der Waals surface area contributed by atoms with Gasteiger partial charge in [-0.2, -0.15) is 0 Å². The molecule has 4 aromatic rings. The first-order valence-electron chi connectivity index (χ1n) is 11.1. The lowest BCUT2D eigenvalue weighted by molar-refractivity contribution is -0.114. The quantitative estimate of drug-likeness (QED) is 0.257. The van der Waals surface area contributed by atoms with Gasteiger partial charge in [-0.05, 0) is 66.5 Å². The number of carbonyl (C=O) groups excluding carboxylic acids is 1. The van der Waals surface area contributed by atoms with Gasteiger partial charge < -0.3 is 10.3 Å². The van der Waals surface area contributed by atoms with Crippen LogP contribution in [0, 0.1) is 0 Å². The number of H-pyrrole nitrogens is 1. The second-order valence-electron chi connectivity index (χ2n) is 8.01. The Balaban J connectivity index is 1.38. The molecule has 0 radical (unpaired) electrons. The topological polar surface area (TPSA) is 83.0 Å². The number of para-hydroxylation sites is 2. The maximum atomic E-state index is 12.6. The number of nitrogens with one attached hydrogen (secondary N) is 2. The fourth-order valence-electron chi connectivity index (χ4n) is 3.83. The first-order valence-corrected chi connectivity index (χ1v) is 11.1. The van der Waals surface area contributed by atoms with E-state index in [9.17, 15) is 4.79 Å². The zero-order valence-corrected chi connectivity index (χ0v) is 19.4. The molecule has 170 valence electrons. The lowest BCUT2D eigenvalue weighted by Gasteiger charge is -2.09. The highest BCUT2D eigenvalue weighted by molar-refractivity contribution is 6.14. The third kappa shape index (κ3) is 5.53. The predicted octanol–water partition coefficient (Wildman–Crippen LogP) is 5.61. The van der Waals surface area contributed by atoms with Crippen molar-refractivity contribution in [2.24, 2.45) is 4.99 Å². The van der Waals surface area contributed by atoms with Gasteiger partial charge in [0.2, 0.25) is 5.95 Å². The smallest absolute Gasteiger partial charge is 0.205 e. The van der Waals surface area contributed by atoms with Crippen LogP contribution in [0.1, 0.15) is 30.0 Å². The summed E-state index contributed by atoms with van der Waals surface area (Å²) < 4.78 is 0. The van der Waals surface area contributed by atoms with Crippen molar-refractivity contribution in [3.63, 3.8) is 0 Å². The summed E-state index contributed by atoms with van der Waals surface area (Å²) in [6.45, 7) is 6.06. The van der Waals surface area contributed by atoms with E-state index in [0.717, 1.165) is 44.7 Å². The van der Waals surface area contributed by atoms with Gasteiger partial charge in [0.05, 0.1) is 16.7 Å². The molecule has 2 aromatic heterocycles. The molecule has 0 unspecified atom stereocenters. The summed E-state index contributed by atoms with van der Waals surface area (Å²) in [5, 5.41) is 3.24. The van der Waals surface area contributed by atoms with Crippen LogP contribution in [0.4, 0.5) is 5.95 Å². The van der Waals surface area contributed by atoms with Gasteiger partial charge in [-0.3, -0.25) is 14.8 Å². The van der Waals surface area contributed by atoms with E-state index < -0.39 is 0 Å². The van der Waals surface area contributed by atoms with Crippen molar-refractivity contribution >= 4 is 34.2 Å². The summed E-state index contributed by atoms with van der Waals surface area (Å²) >= 11 is 0. The van der Waals surface area contributed by atoms with Gasteiger partial charge >= 0.3 is 0 Å². The average molecular weight is 450 g/mol. The minimum Gasteiger partial charge on any atom is -0.326 e. The van der Waals surface area contributed by atoms with Gasteiger partial charge in [-0.15, -0.1) is 0 Å². The summed E-state index contributed by atoms with van der Waals surface area (Å²) in [5.41, 5.74) is 7.13. The summed E-state index contributed by atoms with van der Waals surface area (Å²) in [4.78, 5) is 28.9. The number of pyridine rings is 1. The summed E-state index contributed by atoms with van der Waals surface area (Å²) in [5.74, 6) is 0.710. The van der Waals surface area contributed by atoms with Gasteiger partial charge in [0.1, 0.15) is 0 Å². The molecule has 34 heavy (non-hydrogen) atoms. The minimum atomic E-state index is 0.0622. The number of anilines is 1. The number of benzene rings is 2. The Kier molecular flexibility index (Phi) is 7.08. The SMILES string of the molecule is C=C(Nc1nc2ccccc2[nH]1)c1cccc(CCC(=O)/C=C(/C)C(=NC)c2cccnc2)c1. The van der Waals surface area contributed by atoms with Crippen LogP contribution < -0.4 is 5.32 Å². The van der Waals surface area contributed by atoms with E-state index in [-0.39, 0.29) is 5.78 Å². The third-order valence-electron chi connectivity index (χ3n) is 5.50. The number of nitrogens with zero attached hydrogens (tertiary/aromatic N) is 3. The van der Waals surface area contributed by atoms with Crippen molar-refractivity contribution in [1.29, 1.82) is 0 Å². The first kappa shape index (κ1) is 22.9. The van der Waals surface area contributed by atoms with E-state index in [0.29, 0.717) is 18.8 Å². The molecule has 0 saturated heterocycles. The molecule has 0 saturated carbocycles. The number of aromatic amines is 1. The second-order valence-corrected chi connectivity index (χ2v) is 8.01. The molecule has 0 spiro atoms. The number of aryl methyl sites for hydroxylation is 1. The Bertz CT molecular complexity index is 1350. The van der Waals surface area contributed by atoms with Gasteiger partial charge in [0, 0.05) is 37.1 Å². The van der Waals surface area contributed by atoms with Gasteiger partial charge in [-0.25, -0.2) is 4.98 Å². The predicted molar refractivity (Wildman–Crippen MR) is 139 cm³/mol. The molecule has 0 aliphatic carbocycles. The Morgan fingerprint density at radius 2 is 1.94 bits per heavy atom. The highest BCUT2D eigenvalue weighted by Gasteiger charge is 2.09. The molecular weight excluding hydrogens is 422 g/mol. The molecule has 2 aromatic carbocycles. The van der Waals surface area contributed by atoms with E-state index in [2.05, 4.69) is 37.9 Å². The van der Waals surface area contributed by atoms with Crippen LogP contribution >= 0.6 is 0 Å². The molecule has 2 heterocycles. The van der Waals surface area contributed by atoms with E-state index in [4.69, 9.17) is 0 Å². The molecule has 2 N–H and O–H groups in total. The van der Waals surface area contributed by atoms with Crippen LogP contribution in [0.3, 0.4) is 0 Å². The molecule has 0 bridgehead atoms. The second kappa shape index (κ2) is 10.5. The van der Waals surface area contributed by atoms with E-state index in [1.54, 1.807) is 25.5 Å². The maximum Gasteiger partial charge on any atom is 0.205 e. The number of hydrogen-bond acceptors (Lipinski definition) is 5. The zero-order valence-electron chi connectivity index (χ0n) is 19.4. The molecule has 6 heteroatoms. The fourth-order valence-corrected chi connectivity index (χ4v) is 3.83. The molecule has 0 aliphatic heterocycles. The molecule has 0 atom stereocenters. The highest BCUT2D eigenvalue weighted by Crippen LogP contribution is 2.20. The average Bonchev–Trinajstić information content (AvgIpc) is 3.26. The monoisotopic (exact) mass is 449 g/mol. The minimum absolute atomic E-state index is 0.0622. The Hall–Kier alpha value is -4.32. The van der Waals surface area contributed by atoms with Crippen LogP contribution in [-0.4, -0.2) is 33.5 Å². The van der Waals surface area contributed by atoms with Crippen molar-refractivity contribution < 1.29 is 4.79 Å². The largest absolute Gasteiger partial charge is 0.326 e. The van der Waals surface area contributed by atoms with Crippen molar-refractivity contribution in [3.05, 3.63) is 108 Å². The number of imidazole rings is 1. The number of allylic oxidation sites excluding steroid dienone is 2. The molecular formula is C28H27N5O. The van der Waals surface area contributed by atoms with Crippen molar-refractivity contribution in [2.45, 2.75) is 19.8 Å². The number of rotatable bonds is 9.